The van der Waals surface area contributed by atoms with Gasteiger partial charge in [0, 0.05) is 18.5 Å². The van der Waals surface area contributed by atoms with E-state index in [9.17, 15) is 5.11 Å². The van der Waals surface area contributed by atoms with Crippen LogP contribution >= 0.6 is 0 Å². The predicted molar refractivity (Wildman–Crippen MR) is 79.8 cm³/mol. The number of hydrogen-bond acceptors (Lipinski definition) is 4. The molecule has 4 nitrogen and oxygen atoms in total. The highest BCUT2D eigenvalue weighted by molar-refractivity contribution is 4.83. The zero-order chi connectivity index (χ0) is 14.4. The van der Waals surface area contributed by atoms with E-state index in [-0.39, 0.29) is 5.41 Å². The first kappa shape index (κ1) is 16.2. The second-order valence-electron chi connectivity index (χ2n) is 6.91. The van der Waals surface area contributed by atoms with Crippen LogP contribution in [0.4, 0.5) is 0 Å². The molecule has 1 heterocycles. The maximum Gasteiger partial charge on any atom is 0.0897 e. The third-order valence-corrected chi connectivity index (χ3v) is 4.70. The summed E-state index contributed by atoms with van der Waals surface area (Å²) in [5.41, 5.74) is 0.261. The van der Waals surface area contributed by atoms with Gasteiger partial charge in [-0.3, -0.25) is 0 Å². The zero-order valence-electron chi connectivity index (χ0n) is 13.1. The minimum absolute atomic E-state index is 0.261. The number of ether oxygens (including phenoxy) is 2. The molecule has 1 aliphatic carbocycles. The van der Waals surface area contributed by atoms with Crippen molar-refractivity contribution in [3.63, 3.8) is 0 Å². The lowest BCUT2D eigenvalue weighted by Crippen LogP contribution is -2.48. The van der Waals surface area contributed by atoms with Gasteiger partial charge in [-0.2, -0.15) is 0 Å². The summed E-state index contributed by atoms with van der Waals surface area (Å²) in [6.07, 6.45) is 6.20. The molecule has 0 spiro atoms. The van der Waals surface area contributed by atoms with Crippen molar-refractivity contribution >= 4 is 0 Å². The summed E-state index contributed by atoms with van der Waals surface area (Å²) in [5.74, 6) is 0.690. The van der Waals surface area contributed by atoms with E-state index in [1.165, 1.54) is 25.7 Å². The Morgan fingerprint density at radius 3 is 2.75 bits per heavy atom. The summed E-state index contributed by atoms with van der Waals surface area (Å²) < 4.78 is 11.2. The molecule has 3 unspecified atom stereocenters. The van der Waals surface area contributed by atoms with Crippen molar-refractivity contribution in [2.75, 3.05) is 32.9 Å². The molecule has 1 aliphatic heterocycles. The molecule has 4 heteroatoms. The number of nitrogens with one attached hydrogen (secondary N) is 1. The fraction of sp³-hybridized carbons (Fsp3) is 1.00. The molecule has 2 fully saturated rings. The molecule has 0 aromatic carbocycles. The zero-order valence-corrected chi connectivity index (χ0v) is 13.1. The first-order chi connectivity index (χ1) is 9.63. The normalized spacial score (nSPS) is 30.8. The Morgan fingerprint density at radius 2 is 2.10 bits per heavy atom. The van der Waals surface area contributed by atoms with Crippen LogP contribution in [0.1, 0.15) is 46.0 Å². The van der Waals surface area contributed by atoms with Crippen LogP contribution in [0.3, 0.4) is 0 Å². The smallest absolute Gasteiger partial charge is 0.0897 e. The van der Waals surface area contributed by atoms with Gasteiger partial charge in [-0.15, -0.1) is 0 Å². The lowest BCUT2D eigenvalue weighted by molar-refractivity contribution is -0.101. The number of hydrogen-bond donors (Lipinski definition) is 2. The van der Waals surface area contributed by atoms with Gasteiger partial charge in [-0.1, -0.05) is 33.1 Å². The van der Waals surface area contributed by atoms with Crippen LogP contribution in [0.25, 0.3) is 0 Å². The Labute approximate surface area is 123 Å². The number of aliphatic hydroxyl groups is 1. The van der Waals surface area contributed by atoms with Gasteiger partial charge in [0.15, 0.2) is 0 Å². The lowest BCUT2D eigenvalue weighted by atomic mass is 9.85. The summed E-state index contributed by atoms with van der Waals surface area (Å²) in [6, 6.07) is 0. The van der Waals surface area contributed by atoms with Crippen molar-refractivity contribution < 1.29 is 14.6 Å². The molecule has 0 radical (unpaired) electrons. The van der Waals surface area contributed by atoms with Crippen LogP contribution in [-0.4, -0.2) is 50.2 Å². The average molecular weight is 285 g/mol. The maximum atomic E-state index is 10.0. The molecule has 0 amide bonds. The first-order valence-electron chi connectivity index (χ1n) is 8.21. The summed E-state index contributed by atoms with van der Waals surface area (Å²) in [4.78, 5) is 0. The van der Waals surface area contributed by atoms with E-state index in [1.54, 1.807) is 0 Å². The van der Waals surface area contributed by atoms with Crippen molar-refractivity contribution in [3.05, 3.63) is 0 Å². The first-order valence-corrected chi connectivity index (χ1v) is 8.21. The van der Waals surface area contributed by atoms with E-state index in [4.69, 9.17) is 9.47 Å². The third-order valence-electron chi connectivity index (χ3n) is 4.70. The highest BCUT2D eigenvalue weighted by atomic mass is 16.5. The van der Waals surface area contributed by atoms with Gasteiger partial charge in [-0.05, 0) is 18.8 Å². The lowest BCUT2D eigenvalue weighted by Gasteiger charge is -2.38. The maximum absolute atomic E-state index is 10.0. The Balaban J connectivity index is 1.58. The molecule has 118 valence electrons. The molecule has 0 aromatic rings. The van der Waals surface area contributed by atoms with E-state index in [0.717, 1.165) is 26.2 Å². The monoisotopic (exact) mass is 285 g/mol. The minimum Gasteiger partial charge on any atom is -0.389 e. The highest BCUT2D eigenvalue weighted by Gasteiger charge is 2.32. The SMILES string of the molecule is CCC1CCCCC1OCC(O)CNCC1(C)COC1. The van der Waals surface area contributed by atoms with Crippen molar-refractivity contribution in [3.8, 4) is 0 Å². The van der Waals surface area contributed by atoms with Crippen LogP contribution in [0.15, 0.2) is 0 Å². The van der Waals surface area contributed by atoms with Crippen LogP contribution in [-0.2, 0) is 9.47 Å². The van der Waals surface area contributed by atoms with Gasteiger partial charge in [0.2, 0.25) is 0 Å². The van der Waals surface area contributed by atoms with Crippen LogP contribution < -0.4 is 5.32 Å². The van der Waals surface area contributed by atoms with Crippen LogP contribution in [0.2, 0.25) is 0 Å². The molecule has 3 atom stereocenters. The fourth-order valence-corrected chi connectivity index (χ4v) is 3.25. The Bertz CT molecular complexity index is 281. The molecule has 0 aromatic heterocycles. The van der Waals surface area contributed by atoms with Gasteiger partial charge >= 0.3 is 0 Å². The molecule has 2 rings (SSSR count). The topological polar surface area (TPSA) is 50.7 Å². The molecule has 2 aliphatic rings. The Kier molecular flexibility index (Phi) is 6.27. The van der Waals surface area contributed by atoms with Gasteiger partial charge in [0.1, 0.15) is 0 Å². The van der Waals surface area contributed by atoms with Crippen LogP contribution in [0.5, 0.6) is 0 Å². The largest absolute Gasteiger partial charge is 0.389 e. The predicted octanol–water partition coefficient (Wildman–Crippen LogP) is 1.96. The molecule has 0 bridgehead atoms. The van der Waals surface area contributed by atoms with Crippen molar-refractivity contribution in [2.45, 2.75) is 58.2 Å². The second kappa shape index (κ2) is 7.74. The molecule has 20 heavy (non-hydrogen) atoms. The minimum atomic E-state index is -0.404. The van der Waals surface area contributed by atoms with Gasteiger partial charge in [-0.25, -0.2) is 0 Å². The van der Waals surface area contributed by atoms with Crippen molar-refractivity contribution in [1.29, 1.82) is 0 Å². The van der Waals surface area contributed by atoms with E-state index in [1.807, 2.05) is 0 Å². The van der Waals surface area contributed by atoms with Crippen LogP contribution in [0, 0.1) is 11.3 Å². The van der Waals surface area contributed by atoms with Crippen molar-refractivity contribution in [2.24, 2.45) is 11.3 Å². The fourth-order valence-electron chi connectivity index (χ4n) is 3.25. The Morgan fingerprint density at radius 1 is 1.35 bits per heavy atom. The number of rotatable bonds is 8. The number of aliphatic hydroxyl groups excluding tert-OH is 1. The van der Waals surface area contributed by atoms with E-state index in [2.05, 4.69) is 19.2 Å². The summed E-state index contributed by atoms with van der Waals surface area (Å²) >= 11 is 0. The van der Waals surface area contributed by atoms with E-state index in [0.29, 0.717) is 25.2 Å². The summed E-state index contributed by atoms with van der Waals surface area (Å²) in [5, 5.41) is 13.3. The molecular weight excluding hydrogens is 254 g/mol. The molecule has 1 saturated carbocycles. The van der Waals surface area contributed by atoms with E-state index < -0.39 is 6.10 Å². The highest BCUT2D eigenvalue weighted by Crippen LogP contribution is 2.29. The summed E-state index contributed by atoms with van der Waals surface area (Å²) in [7, 11) is 0. The Hall–Kier alpha value is -0.160. The molecular formula is C16H31NO3. The van der Waals surface area contributed by atoms with Crippen molar-refractivity contribution in [1.82, 2.24) is 5.32 Å². The van der Waals surface area contributed by atoms with Gasteiger partial charge < -0.3 is 19.9 Å². The average Bonchev–Trinajstić information content (AvgIpc) is 2.43. The quantitative estimate of drug-likeness (QED) is 0.716. The standard InChI is InChI=1S/C16H31NO3/c1-3-13-6-4-5-7-15(13)20-9-14(18)8-17-10-16(2)11-19-12-16/h13-15,17-18H,3-12H2,1-2H3. The van der Waals surface area contributed by atoms with Gasteiger partial charge in [0.05, 0.1) is 32.0 Å². The van der Waals surface area contributed by atoms with Gasteiger partial charge in [0.25, 0.3) is 0 Å². The summed E-state index contributed by atoms with van der Waals surface area (Å²) in [6.45, 7) is 8.08. The van der Waals surface area contributed by atoms with E-state index >= 15 is 0 Å². The second-order valence-corrected chi connectivity index (χ2v) is 6.91. The molecule has 2 N–H and O–H groups in total. The molecule has 1 saturated heterocycles. The third kappa shape index (κ3) is 4.69.